The van der Waals surface area contributed by atoms with Gasteiger partial charge in [-0.15, -0.1) is 0 Å². The van der Waals surface area contributed by atoms with E-state index in [1.165, 1.54) is 4.57 Å². The van der Waals surface area contributed by atoms with Crippen LogP contribution in [0.2, 0.25) is 0 Å². The van der Waals surface area contributed by atoms with Crippen LogP contribution in [0.1, 0.15) is 58.7 Å². The first-order valence-corrected chi connectivity index (χ1v) is 13.9. The molecule has 5 rings (SSSR count). The maximum Gasteiger partial charge on any atom is 0.296 e. The molecule has 0 bridgehead atoms. The molecule has 0 amide bonds. The van der Waals surface area contributed by atoms with Gasteiger partial charge in [0.15, 0.2) is 5.82 Å². The summed E-state index contributed by atoms with van der Waals surface area (Å²) in [5, 5.41) is 17.2. The number of halogens is 2. The van der Waals surface area contributed by atoms with Crippen LogP contribution in [0.25, 0.3) is 16.9 Å². The molecule has 0 radical (unpaired) electrons. The molecule has 11 heteroatoms. The number of fused-ring (bicyclic) bond motifs is 1. The molecule has 2 fully saturated rings. The summed E-state index contributed by atoms with van der Waals surface area (Å²) in [6.07, 6.45) is 1.40. The Kier molecular flexibility index (Phi) is 8.29. The molecule has 212 valence electrons. The van der Waals surface area contributed by atoms with Crippen LogP contribution >= 0.6 is 0 Å². The van der Waals surface area contributed by atoms with E-state index in [0.29, 0.717) is 73.4 Å². The number of alkyl halides is 2. The molecular weight excluding hydrogens is 504 g/mol. The zero-order valence-electron chi connectivity index (χ0n) is 22.9. The molecule has 1 unspecified atom stereocenters. The Balaban J connectivity index is 1.36. The van der Waals surface area contributed by atoms with Gasteiger partial charge in [0.25, 0.3) is 6.43 Å². The summed E-state index contributed by atoms with van der Waals surface area (Å²) < 4.78 is 35.1. The molecule has 1 atom stereocenters. The van der Waals surface area contributed by atoms with Crippen molar-refractivity contribution in [2.75, 3.05) is 43.1 Å². The molecule has 3 N–H and O–H groups in total. The quantitative estimate of drug-likeness (QED) is 0.367. The highest BCUT2D eigenvalue weighted by atomic mass is 19.3. The van der Waals surface area contributed by atoms with Crippen LogP contribution in [-0.4, -0.2) is 75.2 Å². The minimum Gasteiger partial charge on any atom is -0.389 e. The summed E-state index contributed by atoms with van der Waals surface area (Å²) in [4.78, 5) is 15.8. The van der Waals surface area contributed by atoms with Gasteiger partial charge in [0.2, 0.25) is 5.95 Å². The highest BCUT2D eigenvalue weighted by Gasteiger charge is 2.28. The van der Waals surface area contributed by atoms with E-state index >= 15 is 0 Å². The Morgan fingerprint density at radius 2 is 1.74 bits per heavy atom. The number of anilines is 2. The maximum absolute atomic E-state index is 14.1. The second-order valence-corrected chi connectivity index (χ2v) is 11.2. The number of para-hydroxylation sites is 2. The van der Waals surface area contributed by atoms with Crippen molar-refractivity contribution < 1.29 is 18.6 Å². The number of aliphatic hydroxyl groups is 1. The van der Waals surface area contributed by atoms with E-state index in [1.807, 2.05) is 26.8 Å². The Bertz CT molecular complexity index is 1250. The number of imidazole rings is 1. The third-order valence-electron chi connectivity index (χ3n) is 7.99. The summed E-state index contributed by atoms with van der Waals surface area (Å²) in [7, 11) is 0. The largest absolute Gasteiger partial charge is 0.389 e. The molecule has 2 aromatic heterocycles. The summed E-state index contributed by atoms with van der Waals surface area (Å²) >= 11 is 0. The standard InChI is InChI=1S/C28H39F2N7O2/c1-18(28(2,3)38)32-20-10-8-19(9-11-20)17-31-27-34-23(36-12-14-39-15-13-36)16-24(35-27)37-22-7-5-4-6-21(22)33-26(37)25(29)30/h4-7,16,18-20,25,32,38H,8-15,17H2,1-3H3,(H,31,34,35). The molecule has 2 aliphatic rings. The van der Waals surface area contributed by atoms with Gasteiger partial charge in [0.05, 0.1) is 29.8 Å². The van der Waals surface area contributed by atoms with Crippen molar-refractivity contribution in [3.63, 3.8) is 0 Å². The Labute approximate surface area is 228 Å². The normalized spacial score (nSPS) is 21.5. The predicted molar refractivity (Wildman–Crippen MR) is 148 cm³/mol. The number of nitrogens with zero attached hydrogens (tertiary/aromatic N) is 5. The lowest BCUT2D eigenvalue weighted by Gasteiger charge is -2.35. The van der Waals surface area contributed by atoms with Gasteiger partial charge in [0, 0.05) is 37.8 Å². The van der Waals surface area contributed by atoms with Crippen molar-refractivity contribution in [3.8, 4) is 5.82 Å². The molecule has 1 saturated carbocycles. The van der Waals surface area contributed by atoms with E-state index in [0.717, 1.165) is 25.7 Å². The summed E-state index contributed by atoms with van der Waals surface area (Å²) in [5.41, 5.74) is 0.318. The van der Waals surface area contributed by atoms with Crippen molar-refractivity contribution in [1.29, 1.82) is 0 Å². The van der Waals surface area contributed by atoms with E-state index in [9.17, 15) is 13.9 Å². The Morgan fingerprint density at radius 1 is 1.05 bits per heavy atom. The lowest BCUT2D eigenvalue weighted by atomic mass is 9.85. The van der Waals surface area contributed by atoms with Crippen molar-refractivity contribution in [2.45, 2.75) is 70.6 Å². The molecule has 9 nitrogen and oxygen atoms in total. The van der Waals surface area contributed by atoms with Crippen LogP contribution in [0, 0.1) is 5.92 Å². The number of ether oxygens (including phenoxy) is 1. The molecule has 3 heterocycles. The fourth-order valence-electron chi connectivity index (χ4n) is 5.33. The van der Waals surface area contributed by atoms with Gasteiger partial charge in [-0.2, -0.15) is 9.97 Å². The van der Waals surface area contributed by atoms with Gasteiger partial charge in [-0.3, -0.25) is 4.57 Å². The van der Waals surface area contributed by atoms with E-state index < -0.39 is 12.0 Å². The maximum atomic E-state index is 14.1. The number of aromatic nitrogens is 4. The molecule has 39 heavy (non-hydrogen) atoms. The Morgan fingerprint density at radius 3 is 2.44 bits per heavy atom. The number of hydrogen-bond acceptors (Lipinski definition) is 8. The van der Waals surface area contributed by atoms with Gasteiger partial charge < -0.3 is 25.4 Å². The second-order valence-electron chi connectivity index (χ2n) is 11.2. The monoisotopic (exact) mass is 543 g/mol. The van der Waals surface area contributed by atoms with Crippen molar-refractivity contribution >= 4 is 22.8 Å². The van der Waals surface area contributed by atoms with Gasteiger partial charge in [-0.05, 0) is 64.5 Å². The average molecular weight is 544 g/mol. The smallest absolute Gasteiger partial charge is 0.296 e. The number of rotatable bonds is 9. The first-order chi connectivity index (χ1) is 18.7. The number of hydrogen-bond donors (Lipinski definition) is 3. The van der Waals surface area contributed by atoms with Crippen LogP contribution in [0.4, 0.5) is 20.5 Å². The SMILES string of the molecule is CC(NC1CCC(CNc2nc(N3CCOCC3)cc(-n3c(C(F)F)nc4ccccc43)n2)CC1)C(C)(C)O. The summed E-state index contributed by atoms with van der Waals surface area (Å²) in [6.45, 7) is 8.89. The highest BCUT2D eigenvalue weighted by molar-refractivity contribution is 5.78. The summed E-state index contributed by atoms with van der Waals surface area (Å²) in [5.74, 6) is 1.58. The van der Waals surface area contributed by atoms with Crippen LogP contribution in [0.3, 0.4) is 0 Å². The zero-order valence-corrected chi connectivity index (χ0v) is 22.9. The van der Waals surface area contributed by atoms with Gasteiger partial charge in [-0.25, -0.2) is 13.8 Å². The van der Waals surface area contributed by atoms with E-state index in [4.69, 9.17) is 14.7 Å². The van der Waals surface area contributed by atoms with Crippen LogP contribution in [0.5, 0.6) is 0 Å². The molecular formula is C28H39F2N7O2. The molecule has 0 spiro atoms. The third-order valence-corrected chi connectivity index (χ3v) is 7.99. The summed E-state index contributed by atoms with van der Waals surface area (Å²) in [6, 6.07) is 9.28. The van der Waals surface area contributed by atoms with E-state index in [-0.39, 0.29) is 11.9 Å². The minimum absolute atomic E-state index is 0.0179. The molecule has 1 aliphatic carbocycles. The average Bonchev–Trinajstić information content (AvgIpc) is 3.33. The topological polar surface area (TPSA) is 100 Å². The third kappa shape index (κ3) is 6.47. The lowest BCUT2D eigenvalue weighted by molar-refractivity contribution is 0.0368. The van der Waals surface area contributed by atoms with Crippen molar-refractivity contribution in [2.24, 2.45) is 5.92 Å². The van der Waals surface area contributed by atoms with Gasteiger partial charge in [0.1, 0.15) is 11.6 Å². The first-order valence-electron chi connectivity index (χ1n) is 13.9. The predicted octanol–water partition coefficient (Wildman–Crippen LogP) is 4.31. The zero-order chi connectivity index (χ0) is 27.6. The van der Waals surface area contributed by atoms with Crippen molar-refractivity contribution in [1.82, 2.24) is 24.8 Å². The lowest BCUT2D eigenvalue weighted by Crippen LogP contribution is -2.49. The van der Waals surface area contributed by atoms with Crippen molar-refractivity contribution in [3.05, 3.63) is 36.2 Å². The van der Waals surface area contributed by atoms with Crippen LogP contribution in [0.15, 0.2) is 30.3 Å². The molecule has 3 aromatic rings. The fourth-order valence-corrected chi connectivity index (χ4v) is 5.33. The second kappa shape index (κ2) is 11.7. The van der Waals surface area contributed by atoms with E-state index in [1.54, 1.807) is 24.3 Å². The van der Waals surface area contributed by atoms with E-state index in [2.05, 4.69) is 20.5 Å². The van der Waals surface area contributed by atoms with Gasteiger partial charge in [-0.1, -0.05) is 12.1 Å². The number of morpholine rings is 1. The van der Waals surface area contributed by atoms with Gasteiger partial charge >= 0.3 is 0 Å². The molecule has 1 saturated heterocycles. The Hall–Kier alpha value is -2.89. The molecule has 1 aliphatic heterocycles. The van der Waals surface area contributed by atoms with Crippen LogP contribution < -0.4 is 15.5 Å². The number of nitrogens with one attached hydrogen (secondary N) is 2. The highest BCUT2D eigenvalue weighted by Crippen LogP contribution is 2.30. The fraction of sp³-hybridized carbons (Fsp3) is 0.607. The molecule has 1 aromatic carbocycles. The first kappa shape index (κ1) is 27.7. The number of benzene rings is 1. The minimum atomic E-state index is -2.75. The van der Waals surface area contributed by atoms with Crippen LogP contribution in [-0.2, 0) is 4.74 Å².